The second-order valence-corrected chi connectivity index (χ2v) is 6.36. The summed E-state index contributed by atoms with van der Waals surface area (Å²) in [5, 5.41) is 10.2. The lowest BCUT2D eigenvalue weighted by Crippen LogP contribution is -2.28. The van der Waals surface area contributed by atoms with E-state index >= 15 is 0 Å². The highest BCUT2D eigenvalue weighted by Crippen LogP contribution is 2.16. The van der Waals surface area contributed by atoms with Crippen molar-refractivity contribution in [2.24, 2.45) is 0 Å². The molecule has 0 aliphatic carbocycles. The van der Waals surface area contributed by atoms with Gasteiger partial charge in [-0.2, -0.15) is 5.10 Å². The highest BCUT2D eigenvalue weighted by molar-refractivity contribution is 6.04. The van der Waals surface area contributed by atoms with E-state index in [-0.39, 0.29) is 17.2 Å². The van der Waals surface area contributed by atoms with Gasteiger partial charge in [-0.25, -0.2) is 10.1 Å². The van der Waals surface area contributed by atoms with Crippen molar-refractivity contribution in [1.29, 1.82) is 0 Å². The fourth-order valence-electron chi connectivity index (χ4n) is 3.29. The Hall–Kier alpha value is -3.48. The summed E-state index contributed by atoms with van der Waals surface area (Å²) in [6.07, 6.45) is 0.758. The zero-order valence-electron chi connectivity index (χ0n) is 14.9. The first kappa shape index (κ1) is 17.0. The monoisotopic (exact) mass is 361 g/mol. The van der Waals surface area contributed by atoms with Gasteiger partial charge in [-0.05, 0) is 31.5 Å². The summed E-state index contributed by atoms with van der Waals surface area (Å²) < 4.78 is 2.15. The number of nitrogens with one attached hydrogen (secondary N) is 2. The Morgan fingerprint density at radius 2 is 1.85 bits per heavy atom. The second-order valence-electron chi connectivity index (χ2n) is 6.36. The molecule has 0 aliphatic rings. The third-order valence-electron chi connectivity index (χ3n) is 4.60. The van der Waals surface area contributed by atoms with E-state index in [1.165, 1.54) is 0 Å². The van der Waals surface area contributed by atoms with Crippen LogP contribution in [0.15, 0.2) is 53.3 Å². The Bertz CT molecular complexity index is 1190. The van der Waals surface area contributed by atoms with Crippen LogP contribution in [0.2, 0.25) is 0 Å². The molecule has 27 heavy (non-hydrogen) atoms. The van der Waals surface area contributed by atoms with Crippen molar-refractivity contribution >= 4 is 27.7 Å². The number of fused-ring (bicyclic) bond motifs is 2. The molecule has 2 N–H and O–H groups in total. The lowest BCUT2D eigenvalue weighted by atomic mass is 10.1. The molecule has 0 unspecified atom stereocenters. The molecule has 4 rings (SSSR count). The van der Waals surface area contributed by atoms with Crippen LogP contribution in [0.1, 0.15) is 22.7 Å². The normalized spacial score (nSPS) is 11.1. The number of hydrogen-bond acceptors (Lipinski definition) is 4. The third kappa shape index (κ3) is 3.19. The van der Waals surface area contributed by atoms with Crippen LogP contribution in [0.4, 0.5) is 0 Å². The number of nitrogens with zero attached hydrogens (tertiary/aromatic N) is 3. The topological polar surface area (TPSA) is 92.7 Å². The zero-order chi connectivity index (χ0) is 18.8. The van der Waals surface area contributed by atoms with Gasteiger partial charge < -0.3 is 9.88 Å². The van der Waals surface area contributed by atoms with E-state index in [1.807, 2.05) is 31.2 Å². The van der Waals surface area contributed by atoms with Gasteiger partial charge in [-0.1, -0.05) is 30.3 Å². The van der Waals surface area contributed by atoms with Crippen molar-refractivity contribution in [1.82, 2.24) is 25.1 Å². The van der Waals surface area contributed by atoms with Crippen molar-refractivity contribution in [3.05, 3.63) is 70.4 Å². The summed E-state index contributed by atoms with van der Waals surface area (Å²) >= 11 is 0. The SMILES string of the molecule is Cc1nc2ccccc2n1CCCNC(=O)c1n[nH]c(=O)c2ccccc12. The van der Waals surface area contributed by atoms with Crippen LogP contribution in [-0.2, 0) is 6.54 Å². The predicted molar refractivity (Wildman–Crippen MR) is 104 cm³/mol. The van der Waals surface area contributed by atoms with Gasteiger partial charge in [0.2, 0.25) is 0 Å². The quantitative estimate of drug-likeness (QED) is 0.534. The number of para-hydroxylation sites is 2. The maximum Gasteiger partial charge on any atom is 0.272 e. The molecule has 0 fully saturated rings. The fourth-order valence-corrected chi connectivity index (χ4v) is 3.29. The first-order chi connectivity index (χ1) is 13.1. The Kier molecular flexibility index (Phi) is 4.42. The molecule has 2 heterocycles. The van der Waals surface area contributed by atoms with Crippen LogP contribution < -0.4 is 10.9 Å². The molecular weight excluding hydrogens is 342 g/mol. The van der Waals surface area contributed by atoms with Crippen molar-refractivity contribution in [3.63, 3.8) is 0 Å². The summed E-state index contributed by atoms with van der Waals surface area (Å²) in [5.41, 5.74) is 2.00. The maximum atomic E-state index is 12.5. The standard InChI is InChI=1S/C20H19N5O2/c1-13-22-16-9-4-5-10-17(16)25(13)12-6-11-21-20(27)18-14-7-2-3-8-15(14)19(26)24-23-18/h2-5,7-10H,6,11-12H2,1H3,(H,21,27)(H,24,26). The van der Waals surface area contributed by atoms with Gasteiger partial charge in [0.1, 0.15) is 5.82 Å². The number of aromatic amines is 1. The van der Waals surface area contributed by atoms with Gasteiger partial charge >= 0.3 is 0 Å². The summed E-state index contributed by atoms with van der Waals surface area (Å²) in [7, 11) is 0. The van der Waals surface area contributed by atoms with E-state index in [0.717, 1.165) is 29.8 Å². The number of aromatic nitrogens is 4. The Labute approximate surface area is 155 Å². The van der Waals surface area contributed by atoms with E-state index in [0.29, 0.717) is 17.3 Å². The highest BCUT2D eigenvalue weighted by atomic mass is 16.2. The number of hydrogen-bond donors (Lipinski definition) is 2. The molecule has 7 nitrogen and oxygen atoms in total. The molecule has 136 valence electrons. The second kappa shape index (κ2) is 7.03. The molecule has 2 aromatic heterocycles. The van der Waals surface area contributed by atoms with Crippen LogP contribution in [0.5, 0.6) is 0 Å². The average molecular weight is 361 g/mol. The van der Waals surface area contributed by atoms with Crippen LogP contribution in [0.25, 0.3) is 21.8 Å². The first-order valence-corrected chi connectivity index (χ1v) is 8.82. The first-order valence-electron chi connectivity index (χ1n) is 8.82. The molecule has 7 heteroatoms. The number of aryl methyl sites for hydroxylation is 2. The minimum atomic E-state index is -0.301. The van der Waals surface area contributed by atoms with Crippen molar-refractivity contribution < 1.29 is 4.79 Å². The molecule has 0 atom stereocenters. The molecule has 0 spiro atoms. The molecule has 2 aromatic carbocycles. The lowest BCUT2D eigenvalue weighted by Gasteiger charge is -2.09. The Balaban J connectivity index is 1.44. The number of amides is 1. The number of H-pyrrole nitrogens is 1. The van der Waals surface area contributed by atoms with E-state index in [9.17, 15) is 9.59 Å². The van der Waals surface area contributed by atoms with Gasteiger partial charge in [0.15, 0.2) is 5.69 Å². The van der Waals surface area contributed by atoms with E-state index in [4.69, 9.17) is 0 Å². The summed E-state index contributed by atoms with van der Waals surface area (Å²) in [6.45, 7) is 3.24. The lowest BCUT2D eigenvalue weighted by molar-refractivity contribution is 0.0948. The molecule has 0 aliphatic heterocycles. The van der Waals surface area contributed by atoms with E-state index in [2.05, 4.69) is 25.1 Å². The number of imidazole rings is 1. The van der Waals surface area contributed by atoms with Crippen LogP contribution in [-0.4, -0.2) is 32.2 Å². The summed E-state index contributed by atoms with van der Waals surface area (Å²) in [4.78, 5) is 28.9. The number of rotatable bonds is 5. The highest BCUT2D eigenvalue weighted by Gasteiger charge is 2.13. The molecule has 0 radical (unpaired) electrons. The van der Waals surface area contributed by atoms with Crippen LogP contribution in [0.3, 0.4) is 0 Å². The Morgan fingerprint density at radius 1 is 1.11 bits per heavy atom. The van der Waals surface area contributed by atoms with Gasteiger partial charge in [-0.3, -0.25) is 9.59 Å². The van der Waals surface area contributed by atoms with Crippen molar-refractivity contribution in [3.8, 4) is 0 Å². The summed E-state index contributed by atoms with van der Waals surface area (Å²) in [5.74, 6) is 0.658. The number of carbonyl (C=O) groups is 1. The Morgan fingerprint density at radius 3 is 2.70 bits per heavy atom. The molecular formula is C20H19N5O2. The van der Waals surface area contributed by atoms with Gasteiger partial charge in [0, 0.05) is 18.5 Å². The number of benzene rings is 2. The third-order valence-corrected chi connectivity index (χ3v) is 4.60. The van der Waals surface area contributed by atoms with Crippen LogP contribution >= 0.6 is 0 Å². The number of carbonyl (C=O) groups excluding carboxylic acids is 1. The summed E-state index contributed by atoms with van der Waals surface area (Å²) in [6, 6.07) is 15.0. The van der Waals surface area contributed by atoms with Crippen LogP contribution in [0, 0.1) is 6.92 Å². The van der Waals surface area contributed by atoms with Crippen molar-refractivity contribution in [2.75, 3.05) is 6.54 Å². The zero-order valence-corrected chi connectivity index (χ0v) is 14.9. The van der Waals surface area contributed by atoms with Gasteiger partial charge in [0.25, 0.3) is 11.5 Å². The van der Waals surface area contributed by atoms with Gasteiger partial charge in [0.05, 0.1) is 16.4 Å². The molecule has 4 aromatic rings. The molecule has 0 saturated heterocycles. The van der Waals surface area contributed by atoms with Crippen molar-refractivity contribution in [2.45, 2.75) is 19.9 Å². The molecule has 1 amide bonds. The molecule has 0 bridgehead atoms. The average Bonchev–Trinajstić information content (AvgIpc) is 3.01. The minimum Gasteiger partial charge on any atom is -0.351 e. The van der Waals surface area contributed by atoms with Gasteiger partial charge in [-0.15, -0.1) is 0 Å². The largest absolute Gasteiger partial charge is 0.351 e. The molecule has 0 saturated carbocycles. The fraction of sp³-hybridized carbons (Fsp3) is 0.200. The predicted octanol–water partition coefficient (Wildman–Crippen LogP) is 2.40. The van der Waals surface area contributed by atoms with E-state index < -0.39 is 0 Å². The minimum absolute atomic E-state index is 0.231. The maximum absolute atomic E-state index is 12.5. The smallest absolute Gasteiger partial charge is 0.272 e. The van der Waals surface area contributed by atoms with E-state index in [1.54, 1.807) is 24.3 Å².